The predicted molar refractivity (Wildman–Crippen MR) is 44.9 cm³/mol. The van der Waals surface area contributed by atoms with Crippen molar-refractivity contribution in [3.8, 4) is 0 Å². The molecule has 2 rings (SSSR count). The van der Waals surface area contributed by atoms with Crippen LogP contribution >= 0.6 is 0 Å². The molecule has 1 unspecified atom stereocenters. The summed E-state index contributed by atoms with van der Waals surface area (Å²) >= 11 is 0. The van der Waals surface area contributed by atoms with Crippen molar-refractivity contribution < 1.29 is 8.42 Å². The second-order valence-corrected chi connectivity index (χ2v) is 5.46. The van der Waals surface area contributed by atoms with Gasteiger partial charge in [0.1, 0.15) is 5.82 Å². The maximum absolute atomic E-state index is 11.2. The maximum Gasteiger partial charge on any atom is 0.152 e. The first-order valence-electron chi connectivity index (χ1n) is 4.03. The summed E-state index contributed by atoms with van der Waals surface area (Å²) in [5, 5.41) is 11.0. The SMILES string of the molecule is Cc1nnnn1C1CCS(=O)(=O)C1. The molecular weight excluding hydrogens is 192 g/mol. The Balaban J connectivity index is 2.26. The molecule has 0 aromatic carbocycles. The zero-order valence-electron chi connectivity index (χ0n) is 7.21. The zero-order valence-corrected chi connectivity index (χ0v) is 8.03. The third kappa shape index (κ3) is 1.55. The molecule has 6 nitrogen and oxygen atoms in total. The van der Waals surface area contributed by atoms with Crippen molar-refractivity contribution in [1.29, 1.82) is 0 Å². The Morgan fingerprint density at radius 2 is 2.31 bits per heavy atom. The van der Waals surface area contributed by atoms with Crippen LogP contribution in [0.3, 0.4) is 0 Å². The Morgan fingerprint density at radius 3 is 2.77 bits per heavy atom. The lowest BCUT2D eigenvalue weighted by Crippen LogP contribution is -2.13. The Morgan fingerprint density at radius 1 is 1.54 bits per heavy atom. The van der Waals surface area contributed by atoms with Gasteiger partial charge in [0.2, 0.25) is 0 Å². The van der Waals surface area contributed by atoms with E-state index in [-0.39, 0.29) is 17.5 Å². The molecule has 0 amide bonds. The number of hydrogen-bond donors (Lipinski definition) is 0. The molecule has 13 heavy (non-hydrogen) atoms. The van der Waals surface area contributed by atoms with Crippen LogP contribution in [0, 0.1) is 6.92 Å². The van der Waals surface area contributed by atoms with Crippen molar-refractivity contribution in [1.82, 2.24) is 20.2 Å². The van der Waals surface area contributed by atoms with E-state index in [0.717, 1.165) is 0 Å². The molecule has 0 saturated carbocycles. The molecule has 2 heterocycles. The van der Waals surface area contributed by atoms with E-state index < -0.39 is 9.84 Å². The standard InChI is InChI=1S/C6H10N4O2S/c1-5-7-8-9-10(5)6-2-3-13(11,12)4-6/h6H,2-4H2,1H3. The van der Waals surface area contributed by atoms with Gasteiger partial charge in [-0.2, -0.15) is 0 Å². The van der Waals surface area contributed by atoms with E-state index in [1.807, 2.05) is 0 Å². The molecular formula is C6H10N4O2S. The first kappa shape index (κ1) is 8.61. The Hall–Kier alpha value is -0.980. The first-order chi connectivity index (χ1) is 6.08. The molecule has 0 N–H and O–H groups in total. The van der Waals surface area contributed by atoms with Gasteiger partial charge in [-0.1, -0.05) is 0 Å². The molecule has 1 fully saturated rings. The molecule has 1 atom stereocenters. The number of tetrazole rings is 1. The molecule has 7 heteroatoms. The molecule has 1 aliphatic heterocycles. The first-order valence-corrected chi connectivity index (χ1v) is 5.85. The Bertz CT molecular complexity index is 410. The molecule has 1 saturated heterocycles. The van der Waals surface area contributed by atoms with E-state index in [2.05, 4.69) is 15.5 Å². The van der Waals surface area contributed by atoms with E-state index >= 15 is 0 Å². The second-order valence-electron chi connectivity index (χ2n) is 3.23. The fraction of sp³-hybridized carbons (Fsp3) is 0.833. The third-order valence-corrected chi connectivity index (χ3v) is 3.96. The van der Waals surface area contributed by atoms with Crippen LogP contribution in [0.5, 0.6) is 0 Å². The zero-order chi connectivity index (χ0) is 9.47. The highest BCUT2D eigenvalue weighted by atomic mass is 32.2. The fourth-order valence-corrected chi connectivity index (χ4v) is 3.24. The highest BCUT2D eigenvalue weighted by Crippen LogP contribution is 2.22. The van der Waals surface area contributed by atoms with Crippen LogP contribution in [0.1, 0.15) is 18.3 Å². The van der Waals surface area contributed by atoms with Gasteiger partial charge >= 0.3 is 0 Å². The van der Waals surface area contributed by atoms with Crippen LogP contribution in [0.4, 0.5) is 0 Å². The van der Waals surface area contributed by atoms with Crippen molar-refractivity contribution in [2.24, 2.45) is 0 Å². The number of rotatable bonds is 1. The maximum atomic E-state index is 11.2. The fourth-order valence-electron chi connectivity index (χ4n) is 1.54. The normalized spacial score (nSPS) is 26.4. The van der Waals surface area contributed by atoms with Gasteiger partial charge in [-0.3, -0.25) is 0 Å². The molecule has 0 bridgehead atoms. The molecule has 0 spiro atoms. The van der Waals surface area contributed by atoms with E-state index in [9.17, 15) is 8.42 Å². The van der Waals surface area contributed by atoms with Gasteiger partial charge in [-0.25, -0.2) is 13.1 Å². The van der Waals surface area contributed by atoms with Crippen molar-refractivity contribution >= 4 is 9.84 Å². The monoisotopic (exact) mass is 202 g/mol. The lowest BCUT2D eigenvalue weighted by atomic mass is 10.3. The van der Waals surface area contributed by atoms with Crippen molar-refractivity contribution in [2.75, 3.05) is 11.5 Å². The highest BCUT2D eigenvalue weighted by molar-refractivity contribution is 7.91. The summed E-state index contributed by atoms with van der Waals surface area (Å²) in [4.78, 5) is 0. The molecule has 1 aromatic rings. The third-order valence-electron chi connectivity index (χ3n) is 2.21. The topological polar surface area (TPSA) is 77.7 Å². The van der Waals surface area contributed by atoms with E-state index in [0.29, 0.717) is 12.2 Å². The van der Waals surface area contributed by atoms with Gasteiger partial charge in [-0.05, 0) is 23.8 Å². The minimum atomic E-state index is -2.85. The summed E-state index contributed by atoms with van der Waals surface area (Å²) < 4.78 is 23.9. The molecule has 0 aliphatic carbocycles. The van der Waals surface area contributed by atoms with Gasteiger partial charge < -0.3 is 0 Å². The van der Waals surface area contributed by atoms with Gasteiger partial charge in [0, 0.05) is 0 Å². The van der Waals surface area contributed by atoms with Gasteiger partial charge in [-0.15, -0.1) is 5.10 Å². The van der Waals surface area contributed by atoms with Crippen LogP contribution in [-0.2, 0) is 9.84 Å². The number of nitrogens with zero attached hydrogens (tertiary/aromatic N) is 4. The smallest absolute Gasteiger partial charge is 0.152 e. The minimum Gasteiger partial charge on any atom is -0.229 e. The summed E-state index contributed by atoms with van der Waals surface area (Å²) in [5.74, 6) is 1.08. The lowest BCUT2D eigenvalue weighted by molar-refractivity contribution is 0.474. The van der Waals surface area contributed by atoms with Crippen molar-refractivity contribution in [2.45, 2.75) is 19.4 Å². The summed E-state index contributed by atoms with van der Waals surface area (Å²) in [6.07, 6.45) is 0.619. The Kier molecular flexibility index (Phi) is 1.83. The average Bonchev–Trinajstić information content (AvgIpc) is 2.56. The van der Waals surface area contributed by atoms with E-state index in [4.69, 9.17) is 0 Å². The largest absolute Gasteiger partial charge is 0.229 e. The minimum absolute atomic E-state index is 0.0694. The van der Waals surface area contributed by atoms with Gasteiger partial charge in [0.15, 0.2) is 9.84 Å². The van der Waals surface area contributed by atoms with Crippen molar-refractivity contribution in [3.05, 3.63) is 5.82 Å². The summed E-state index contributed by atoms with van der Waals surface area (Å²) in [6.45, 7) is 1.77. The Labute approximate surface area is 75.9 Å². The lowest BCUT2D eigenvalue weighted by Gasteiger charge is -2.06. The van der Waals surface area contributed by atoms with Crippen LogP contribution in [-0.4, -0.2) is 40.1 Å². The van der Waals surface area contributed by atoms with Crippen LogP contribution in [0.15, 0.2) is 0 Å². The molecule has 0 radical (unpaired) electrons. The molecule has 1 aromatic heterocycles. The number of hydrogen-bond acceptors (Lipinski definition) is 5. The molecule has 1 aliphatic rings. The molecule has 72 valence electrons. The highest BCUT2D eigenvalue weighted by Gasteiger charge is 2.30. The van der Waals surface area contributed by atoms with E-state index in [1.165, 1.54) is 0 Å². The van der Waals surface area contributed by atoms with Gasteiger partial charge in [0.05, 0.1) is 17.5 Å². The number of aryl methyl sites for hydroxylation is 1. The van der Waals surface area contributed by atoms with Crippen LogP contribution in [0.2, 0.25) is 0 Å². The number of sulfone groups is 1. The average molecular weight is 202 g/mol. The van der Waals surface area contributed by atoms with Crippen molar-refractivity contribution in [3.63, 3.8) is 0 Å². The predicted octanol–water partition coefficient (Wildman–Crippen LogP) is -0.659. The van der Waals surface area contributed by atoms with E-state index in [1.54, 1.807) is 11.6 Å². The summed E-state index contributed by atoms with van der Waals surface area (Å²) in [6, 6.07) is -0.0694. The number of aromatic nitrogens is 4. The second kappa shape index (κ2) is 2.76. The van der Waals surface area contributed by atoms with Crippen LogP contribution in [0.25, 0.3) is 0 Å². The van der Waals surface area contributed by atoms with Crippen LogP contribution < -0.4 is 0 Å². The summed E-state index contributed by atoms with van der Waals surface area (Å²) in [7, 11) is -2.85. The summed E-state index contributed by atoms with van der Waals surface area (Å²) in [5.41, 5.74) is 0. The van der Waals surface area contributed by atoms with Gasteiger partial charge in [0.25, 0.3) is 0 Å². The quantitative estimate of drug-likeness (QED) is 0.604.